The van der Waals surface area contributed by atoms with E-state index in [1.54, 1.807) is 16.2 Å². The van der Waals surface area contributed by atoms with Gasteiger partial charge in [0, 0.05) is 23.7 Å². The van der Waals surface area contributed by atoms with E-state index in [0.29, 0.717) is 19.7 Å². The summed E-state index contributed by atoms with van der Waals surface area (Å²) in [7, 11) is 0. The van der Waals surface area contributed by atoms with Gasteiger partial charge in [0.2, 0.25) is 5.91 Å². The van der Waals surface area contributed by atoms with Gasteiger partial charge >= 0.3 is 6.03 Å². The molecule has 3 amide bonds. The normalized spacial score (nSPS) is 15.0. The Morgan fingerprint density at radius 2 is 1.86 bits per heavy atom. The summed E-state index contributed by atoms with van der Waals surface area (Å²) in [4.78, 5) is 31.5. The van der Waals surface area contributed by atoms with Gasteiger partial charge < -0.3 is 19.9 Å². The predicted molar refractivity (Wildman–Crippen MR) is 141 cm³/mol. The lowest BCUT2D eigenvalue weighted by atomic mass is 10.0. The van der Waals surface area contributed by atoms with Gasteiger partial charge in [-0.3, -0.25) is 4.79 Å². The molecule has 0 radical (unpaired) electrons. The zero-order chi connectivity index (χ0) is 24.8. The Bertz CT molecular complexity index is 1130. The van der Waals surface area contributed by atoms with E-state index in [9.17, 15) is 9.59 Å². The fraction of sp³-hybridized carbons (Fsp3) is 0.357. The summed E-state index contributed by atoms with van der Waals surface area (Å²) in [5, 5.41) is 5.02. The second-order valence-electron chi connectivity index (χ2n) is 9.35. The molecule has 0 spiro atoms. The van der Waals surface area contributed by atoms with E-state index in [1.165, 1.54) is 4.88 Å². The van der Waals surface area contributed by atoms with Crippen LogP contribution in [0.4, 0.5) is 10.5 Å². The summed E-state index contributed by atoms with van der Waals surface area (Å²) < 4.78 is 6.08. The van der Waals surface area contributed by atoms with Crippen molar-refractivity contribution in [3.8, 4) is 5.75 Å². The standard InChI is InChI=1S/C28H33N3O3S/c1-20(2)17-30(28(33)29-22-11-9-21(3)10-12-22)18-27(32)31-15-13-26-24(14-16-35-26)25(31)19-34-23-7-5-4-6-8-23/h4-12,14,16,20,25H,13,15,17-19H2,1-3H3,(H,29,33)/t25-/m1/s1. The van der Waals surface area contributed by atoms with Crippen molar-refractivity contribution >= 4 is 29.0 Å². The second kappa shape index (κ2) is 11.4. The van der Waals surface area contributed by atoms with Crippen LogP contribution in [0.25, 0.3) is 0 Å². The Labute approximate surface area is 211 Å². The van der Waals surface area contributed by atoms with Gasteiger partial charge in [-0.05, 0) is 60.5 Å². The van der Waals surface area contributed by atoms with E-state index in [4.69, 9.17) is 4.74 Å². The maximum Gasteiger partial charge on any atom is 0.322 e. The number of carbonyl (C=O) groups is 2. The molecule has 1 aromatic heterocycles. The van der Waals surface area contributed by atoms with Gasteiger partial charge in [-0.1, -0.05) is 49.7 Å². The maximum atomic E-state index is 13.6. The predicted octanol–water partition coefficient (Wildman–Crippen LogP) is 5.75. The lowest BCUT2D eigenvalue weighted by Gasteiger charge is -2.37. The molecular formula is C28H33N3O3S. The van der Waals surface area contributed by atoms with Crippen LogP contribution in [-0.4, -0.2) is 48.0 Å². The number of thiophene rings is 1. The minimum Gasteiger partial charge on any atom is -0.491 e. The number of nitrogens with zero attached hydrogens (tertiary/aromatic N) is 2. The van der Waals surface area contributed by atoms with Crippen LogP contribution in [0.3, 0.4) is 0 Å². The Balaban J connectivity index is 1.48. The van der Waals surface area contributed by atoms with Crippen molar-refractivity contribution in [3.63, 3.8) is 0 Å². The average Bonchev–Trinajstić information content (AvgIpc) is 3.33. The van der Waals surface area contributed by atoms with Crippen LogP contribution in [-0.2, 0) is 11.2 Å². The van der Waals surface area contributed by atoms with Crippen molar-refractivity contribution in [1.82, 2.24) is 9.80 Å². The molecule has 2 heterocycles. The first-order chi connectivity index (χ1) is 16.9. The van der Waals surface area contributed by atoms with Crippen molar-refractivity contribution in [2.45, 2.75) is 33.2 Å². The number of urea groups is 1. The third kappa shape index (κ3) is 6.42. The first kappa shape index (κ1) is 24.8. The minimum absolute atomic E-state index is 0.0250. The molecular weight excluding hydrogens is 458 g/mol. The van der Waals surface area contributed by atoms with Gasteiger partial charge in [0.1, 0.15) is 18.9 Å². The van der Waals surface area contributed by atoms with E-state index in [-0.39, 0.29) is 30.4 Å². The zero-order valence-corrected chi connectivity index (χ0v) is 21.4. The molecule has 2 aromatic carbocycles. The summed E-state index contributed by atoms with van der Waals surface area (Å²) in [5.74, 6) is 0.943. The number of hydrogen-bond donors (Lipinski definition) is 1. The molecule has 1 aliphatic rings. The summed E-state index contributed by atoms with van der Waals surface area (Å²) in [6.45, 7) is 7.61. The molecule has 4 rings (SSSR count). The molecule has 184 valence electrons. The van der Waals surface area contributed by atoms with Crippen molar-refractivity contribution in [2.75, 3.05) is 31.6 Å². The van der Waals surface area contributed by atoms with Gasteiger partial charge in [0.25, 0.3) is 0 Å². The van der Waals surface area contributed by atoms with E-state index >= 15 is 0 Å². The topological polar surface area (TPSA) is 61.9 Å². The number of para-hydroxylation sites is 1. The summed E-state index contributed by atoms with van der Waals surface area (Å²) in [5.41, 5.74) is 2.99. The zero-order valence-electron chi connectivity index (χ0n) is 20.6. The Kier molecular flexibility index (Phi) is 8.08. The highest BCUT2D eigenvalue weighted by Gasteiger charge is 2.33. The third-order valence-corrected chi connectivity index (χ3v) is 7.06. The smallest absolute Gasteiger partial charge is 0.322 e. The monoisotopic (exact) mass is 491 g/mol. The molecule has 0 saturated heterocycles. The van der Waals surface area contributed by atoms with Crippen molar-refractivity contribution in [1.29, 1.82) is 0 Å². The van der Waals surface area contributed by atoms with Crippen LogP contribution in [0.15, 0.2) is 66.0 Å². The van der Waals surface area contributed by atoms with Crippen molar-refractivity contribution in [3.05, 3.63) is 82.0 Å². The van der Waals surface area contributed by atoms with E-state index in [2.05, 4.69) is 16.8 Å². The van der Waals surface area contributed by atoms with E-state index in [0.717, 1.165) is 29.0 Å². The summed E-state index contributed by atoms with van der Waals surface area (Å²) >= 11 is 1.73. The molecule has 7 heteroatoms. The van der Waals surface area contributed by atoms with Crippen LogP contribution in [0, 0.1) is 12.8 Å². The largest absolute Gasteiger partial charge is 0.491 e. The quantitative estimate of drug-likeness (QED) is 0.436. The highest BCUT2D eigenvalue weighted by Crippen LogP contribution is 2.34. The average molecular weight is 492 g/mol. The number of benzene rings is 2. The van der Waals surface area contributed by atoms with Crippen LogP contribution in [0.5, 0.6) is 5.75 Å². The fourth-order valence-electron chi connectivity index (χ4n) is 4.32. The van der Waals surface area contributed by atoms with Crippen LogP contribution in [0.2, 0.25) is 0 Å². The number of aryl methyl sites for hydroxylation is 1. The van der Waals surface area contributed by atoms with Crippen LogP contribution < -0.4 is 10.1 Å². The number of ether oxygens (including phenoxy) is 1. The number of hydrogen-bond acceptors (Lipinski definition) is 4. The number of fused-ring (bicyclic) bond motifs is 1. The highest BCUT2D eigenvalue weighted by molar-refractivity contribution is 7.10. The van der Waals surface area contributed by atoms with Gasteiger partial charge in [-0.15, -0.1) is 11.3 Å². The second-order valence-corrected chi connectivity index (χ2v) is 10.3. The molecule has 1 atom stereocenters. The van der Waals surface area contributed by atoms with Crippen LogP contribution >= 0.6 is 11.3 Å². The fourth-order valence-corrected chi connectivity index (χ4v) is 5.25. The molecule has 3 aromatic rings. The molecule has 35 heavy (non-hydrogen) atoms. The molecule has 0 aliphatic carbocycles. The Morgan fingerprint density at radius 1 is 1.11 bits per heavy atom. The van der Waals surface area contributed by atoms with Gasteiger partial charge in [-0.25, -0.2) is 4.79 Å². The van der Waals surface area contributed by atoms with E-state index in [1.807, 2.05) is 80.3 Å². The van der Waals surface area contributed by atoms with Gasteiger partial charge in [-0.2, -0.15) is 0 Å². The van der Waals surface area contributed by atoms with E-state index < -0.39 is 0 Å². The molecule has 6 nitrogen and oxygen atoms in total. The SMILES string of the molecule is Cc1ccc(NC(=O)N(CC(=O)N2CCc3sccc3[C@H]2COc2ccccc2)CC(C)C)cc1. The number of nitrogens with one attached hydrogen (secondary N) is 1. The molecule has 0 bridgehead atoms. The Morgan fingerprint density at radius 3 is 2.57 bits per heavy atom. The van der Waals surface area contributed by atoms with Crippen LogP contribution in [0.1, 0.15) is 35.9 Å². The molecule has 0 saturated carbocycles. The van der Waals surface area contributed by atoms with Gasteiger partial charge in [0.15, 0.2) is 0 Å². The molecule has 0 unspecified atom stereocenters. The number of carbonyl (C=O) groups excluding carboxylic acids is 2. The lowest BCUT2D eigenvalue weighted by Crippen LogP contribution is -2.49. The summed E-state index contributed by atoms with van der Waals surface area (Å²) in [6.07, 6.45) is 0.820. The third-order valence-electron chi connectivity index (χ3n) is 6.07. The molecule has 0 fully saturated rings. The number of amides is 3. The molecule has 1 aliphatic heterocycles. The maximum absolute atomic E-state index is 13.6. The van der Waals surface area contributed by atoms with Crippen molar-refractivity contribution in [2.24, 2.45) is 5.92 Å². The first-order valence-corrected chi connectivity index (χ1v) is 12.9. The van der Waals surface area contributed by atoms with Crippen molar-refractivity contribution < 1.29 is 14.3 Å². The minimum atomic E-state index is -0.263. The lowest BCUT2D eigenvalue weighted by molar-refractivity contribution is -0.135. The highest BCUT2D eigenvalue weighted by atomic mass is 32.1. The van der Waals surface area contributed by atoms with Gasteiger partial charge in [0.05, 0.1) is 6.04 Å². The summed E-state index contributed by atoms with van der Waals surface area (Å²) in [6, 6.07) is 19.0. The number of rotatable bonds is 8. The molecule has 1 N–H and O–H groups in total. The number of anilines is 1. The first-order valence-electron chi connectivity index (χ1n) is 12.1. The Hall–Kier alpha value is -3.32.